The molecule has 0 spiro atoms. The summed E-state index contributed by atoms with van der Waals surface area (Å²) in [6.07, 6.45) is -3.61. The summed E-state index contributed by atoms with van der Waals surface area (Å²) < 4.78 is 12.8. The van der Waals surface area contributed by atoms with Gasteiger partial charge in [0.15, 0.2) is 0 Å². The van der Waals surface area contributed by atoms with E-state index in [0.717, 1.165) is 14.2 Å². The first-order valence-electron chi connectivity index (χ1n) is 3.15. The molecule has 0 rings (SSSR count). The molecule has 0 heterocycles. The Bertz CT molecular complexity index is 169. The maximum Gasteiger partial charge on any atom is 0.201 e. The lowest BCUT2D eigenvalue weighted by molar-refractivity contribution is -0.360. The molecule has 0 aliphatic heterocycles. The first kappa shape index (κ1) is 11.8. The van der Waals surface area contributed by atoms with Gasteiger partial charge in [-0.3, -0.25) is 0 Å². The Morgan fingerprint density at radius 3 is 1.46 bits per heavy atom. The van der Waals surface area contributed by atoms with Crippen LogP contribution in [-0.4, -0.2) is 38.7 Å². The van der Waals surface area contributed by atoms with Crippen molar-refractivity contribution in [2.45, 2.75) is 12.6 Å². The molecule has 0 N–H and O–H groups in total. The van der Waals surface area contributed by atoms with Crippen LogP contribution in [0.2, 0.25) is 0 Å². The average Bonchev–Trinajstić information content (AvgIpc) is 2.05. The van der Waals surface area contributed by atoms with Crippen LogP contribution in [-0.2, 0) is 23.8 Å². The monoisotopic (exact) mass is 192 g/mol. The van der Waals surface area contributed by atoms with Crippen molar-refractivity contribution in [1.29, 1.82) is 0 Å². The van der Waals surface area contributed by atoms with Gasteiger partial charge < -0.3 is 34.0 Å². The number of hydrogen-bond acceptors (Lipinski definition) is 7. The maximum absolute atomic E-state index is 10.2. The lowest BCUT2D eigenvalue weighted by Gasteiger charge is -2.23. The van der Waals surface area contributed by atoms with Gasteiger partial charge in [0.2, 0.25) is 12.6 Å². The molecule has 0 fully saturated rings. The second kappa shape index (κ2) is 5.46. The molecule has 0 aromatic carbocycles. The van der Waals surface area contributed by atoms with E-state index in [-0.39, 0.29) is 0 Å². The Morgan fingerprint density at radius 2 is 1.31 bits per heavy atom. The average molecular weight is 192 g/mol. The zero-order chi connectivity index (χ0) is 10.4. The third-order valence-corrected chi connectivity index (χ3v) is 1.06. The number of carboxylic acid groups (broad SMARTS) is 2. The number of carboxylic acids is 2. The van der Waals surface area contributed by atoms with Crippen LogP contribution >= 0.6 is 0 Å². The molecule has 0 bridgehead atoms. The zero-order valence-corrected chi connectivity index (χ0v) is 7.01. The standard InChI is InChI=1S/C6H10O7/c1-11-5(3(7)8)13-6(12-2)4(9)10/h5-6H,1-2H3,(H,7,8)(H,9,10)/p-2. The van der Waals surface area contributed by atoms with Crippen LogP contribution in [0, 0.1) is 0 Å². The van der Waals surface area contributed by atoms with Crippen LogP contribution in [0.1, 0.15) is 0 Å². The lowest BCUT2D eigenvalue weighted by atomic mass is 10.6. The van der Waals surface area contributed by atoms with Gasteiger partial charge in [0.05, 0.1) is 11.9 Å². The smallest absolute Gasteiger partial charge is 0.201 e. The van der Waals surface area contributed by atoms with Gasteiger partial charge >= 0.3 is 0 Å². The predicted molar refractivity (Wildman–Crippen MR) is 32.7 cm³/mol. The summed E-state index contributed by atoms with van der Waals surface area (Å²) in [6.45, 7) is 0. The van der Waals surface area contributed by atoms with Crippen molar-refractivity contribution >= 4 is 11.9 Å². The van der Waals surface area contributed by atoms with Crippen LogP contribution in [0.4, 0.5) is 0 Å². The quantitative estimate of drug-likeness (QED) is 0.401. The van der Waals surface area contributed by atoms with Crippen molar-refractivity contribution in [1.82, 2.24) is 0 Å². The van der Waals surface area contributed by atoms with E-state index in [1.54, 1.807) is 0 Å². The highest BCUT2D eigenvalue weighted by Gasteiger charge is 2.17. The highest BCUT2D eigenvalue weighted by Crippen LogP contribution is 1.99. The molecular formula is C6H8O7-2. The number of hydrogen-bond donors (Lipinski definition) is 0. The first-order valence-corrected chi connectivity index (χ1v) is 3.15. The minimum atomic E-state index is -1.80. The number of carbonyl (C=O) groups excluding carboxylic acids is 2. The van der Waals surface area contributed by atoms with Gasteiger partial charge in [0.25, 0.3) is 0 Å². The van der Waals surface area contributed by atoms with Gasteiger partial charge in [0.1, 0.15) is 0 Å². The normalized spacial score (nSPS) is 14.9. The Labute approximate surface area is 73.8 Å². The summed E-state index contributed by atoms with van der Waals surface area (Å²) in [4.78, 5) is 20.3. The van der Waals surface area contributed by atoms with E-state index in [9.17, 15) is 19.8 Å². The van der Waals surface area contributed by atoms with Gasteiger partial charge in [0, 0.05) is 14.2 Å². The SMILES string of the molecule is COC(OC(OC)C(=O)[O-])C(=O)[O-]. The minimum absolute atomic E-state index is 1.02. The largest absolute Gasteiger partial charge is 0.545 e. The fourth-order valence-corrected chi connectivity index (χ4v) is 0.527. The molecule has 0 aliphatic rings. The van der Waals surface area contributed by atoms with Crippen molar-refractivity contribution in [2.24, 2.45) is 0 Å². The maximum atomic E-state index is 10.2. The fourth-order valence-electron chi connectivity index (χ4n) is 0.527. The highest BCUT2D eigenvalue weighted by molar-refractivity contribution is 5.71. The van der Waals surface area contributed by atoms with Crippen molar-refractivity contribution in [3.63, 3.8) is 0 Å². The predicted octanol–water partition coefficient (Wildman–Crippen LogP) is -3.55. The number of aliphatic carboxylic acids is 2. The molecule has 0 saturated carbocycles. The van der Waals surface area contributed by atoms with Crippen LogP contribution in [0.5, 0.6) is 0 Å². The third kappa shape index (κ3) is 3.83. The van der Waals surface area contributed by atoms with Crippen molar-refractivity contribution in [3.05, 3.63) is 0 Å². The van der Waals surface area contributed by atoms with Crippen molar-refractivity contribution < 1.29 is 34.0 Å². The molecule has 0 aromatic rings. The summed E-state index contributed by atoms with van der Waals surface area (Å²) in [7, 11) is 2.03. The molecule has 0 aromatic heterocycles. The van der Waals surface area contributed by atoms with Gasteiger partial charge in [-0.1, -0.05) is 0 Å². The van der Waals surface area contributed by atoms with Crippen LogP contribution < -0.4 is 10.2 Å². The molecule has 13 heavy (non-hydrogen) atoms. The summed E-state index contributed by atoms with van der Waals surface area (Å²) in [5, 5.41) is 20.3. The summed E-state index contributed by atoms with van der Waals surface area (Å²) in [5.41, 5.74) is 0. The molecule has 7 nitrogen and oxygen atoms in total. The molecule has 2 unspecified atom stereocenters. The molecule has 7 heteroatoms. The number of carbonyl (C=O) groups is 2. The van der Waals surface area contributed by atoms with Crippen LogP contribution in [0.15, 0.2) is 0 Å². The molecule has 2 atom stereocenters. The lowest BCUT2D eigenvalue weighted by Crippen LogP contribution is -2.46. The van der Waals surface area contributed by atoms with E-state index in [4.69, 9.17) is 0 Å². The van der Waals surface area contributed by atoms with Gasteiger partial charge in [-0.05, 0) is 0 Å². The third-order valence-electron chi connectivity index (χ3n) is 1.06. The van der Waals surface area contributed by atoms with Gasteiger partial charge in [-0.15, -0.1) is 0 Å². The Morgan fingerprint density at radius 1 is 1.00 bits per heavy atom. The number of ether oxygens (including phenoxy) is 3. The second-order valence-electron chi connectivity index (χ2n) is 1.91. The Hall–Kier alpha value is -1.18. The van der Waals surface area contributed by atoms with Crippen LogP contribution in [0.25, 0.3) is 0 Å². The summed E-state index contributed by atoms with van der Waals surface area (Å²) in [6, 6.07) is 0. The topological polar surface area (TPSA) is 108 Å². The van der Waals surface area contributed by atoms with E-state index < -0.39 is 24.5 Å². The molecule has 0 amide bonds. The van der Waals surface area contributed by atoms with E-state index in [1.165, 1.54) is 0 Å². The Balaban J connectivity index is 4.19. The second-order valence-corrected chi connectivity index (χ2v) is 1.91. The summed E-state index contributed by atoms with van der Waals surface area (Å²) in [5.74, 6) is -3.41. The van der Waals surface area contributed by atoms with E-state index in [1.807, 2.05) is 0 Å². The molecule has 76 valence electrons. The fraction of sp³-hybridized carbons (Fsp3) is 0.667. The minimum Gasteiger partial charge on any atom is -0.545 e. The highest BCUT2D eigenvalue weighted by atomic mass is 16.8. The van der Waals surface area contributed by atoms with E-state index >= 15 is 0 Å². The van der Waals surface area contributed by atoms with Crippen molar-refractivity contribution in [2.75, 3.05) is 14.2 Å². The Kier molecular flexibility index (Phi) is 4.97. The zero-order valence-electron chi connectivity index (χ0n) is 7.01. The van der Waals surface area contributed by atoms with Gasteiger partial charge in [-0.25, -0.2) is 0 Å². The van der Waals surface area contributed by atoms with Crippen LogP contribution in [0.3, 0.4) is 0 Å². The van der Waals surface area contributed by atoms with E-state index in [0.29, 0.717) is 0 Å². The summed E-state index contributed by atoms with van der Waals surface area (Å²) >= 11 is 0. The molecule has 0 aliphatic carbocycles. The first-order chi connectivity index (χ1) is 6.02. The van der Waals surface area contributed by atoms with E-state index in [2.05, 4.69) is 14.2 Å². The van der Waals surface area contributed by atoms with Gasteiger partial charge in [-0.2, -0.15) is 0 Å². The molecular weight excluding hydrogens is 184 g/mol. The molecule has 0 radical (unpaired) electrons. The molecule has 0 saturated heterocycles. The van der Waals surface area contributed by atoms with Crippen molar-refractivity contribution in [3.8, 4) is 0 Å². The number of methoxy groups -OCH3 is 2. The number of rotatable bonds is 6.